The van der Waals surface area contributed by atoms with Gasteiger partial charge < -0.3 is 15.6 Å². The normalized spacial score (nSPS) is 12.0. The molecule has 3 nitrogen and oxygen atoms in total. The summed E-state index contributed by atoms with van der Waals surface area (Å²) in [6, 6.07) is 0. The van der Waals surface area contributed by atoms with Crippen molar-refractivity contribution in [2.24, 2.45) is 5.73 Å². The Hall–Kier alpha value is -0.120. The molecule has 0 radical (unpaired) electrons. The Balaban J connectivity index is 3.07. The number of hydrogen-bond acceptors (Lipinski definition) is 3. The number of ether oxygens (including phenoxy) is 1. The van der Waals surface area contributed by atoms with Gasteiger partial charge in [-0.3, -0.25) is 0 Å². The van der Waals surface area contributed by atoms with Gasteiger partial charge in [-0.1, -0.05) is 0 Å². The van der Waals surface area contributed by atoms with E-state index in [1.54, 1.807) is 13.8 Å². The second-order valence-electron chi connectivity index (χ2n) is 2.44. The molecule has 0 aliphatic rings. The lowest BCUT2D eigenvalue weighted by molar-refractivity contribution is -0.175. The molecule has 0 amide bonds. The van der Waals surface area contributed by atoms with Crippen LogP contribution in [-0.4, -0.2) is 24.0 Å². The molecule has 56 valence electrons. The summed E-state index contributed by atoms with van der Waals surface area (Å²) in [5, 5.41) is 8.98. The molecule has 3 heteroatoms. The van der Waals surface area contributed by atoms with Gasteiger partial charge in [0, 0.05) is 0 Å². The first kappa shape index (κ1) is 8.88. The van der Waals surface area contributed by atoms with Crippen molar-refractivity contribution < 1.29 is 9.84 Å². The lowest BCUT2D eigenvalue weighted by Gasteiger charge is -2.17. The van der Waals surface area contributed by atoms with Gasteiger partial charge in [0.05, 0.1) is 6.61 Å². The van der Waals surface area contributed by atoms with Crippen LogP contribution < -0.4 is 5.73 Å². The highest BCUT2D eigenvalue weighted by atomic mass is 16.6. The highest BCUT2D eigenvalue weighted by molar-refractivity contribution is 4.47. The Labute approximate surface area is 55.8 Å². The Bertz CT molecular complexity index is 67.9. The van der Waals surface area contributed by atoms with Crippen LogP contribution in [-0.2, 0) is 4.74 Å². The second kappa shape index (κ2) is 3.82. The summed E-state index contributed by atoms with van der Waals surface area (Å²) in [4.78, 5) is 0. The highest BCUT2D eigenvalue weighted by Gasteiger charge is 2.10. The van der Waals surface area contributed by atoms with E-state index in [-0.39, 0.29) is 0 Å². The fraction of sp³-hybridized carbons (Fsp3) is 1.00. The van der Waals surface area contributed by atoms with E-state index in [0.29, 0.717) is 13.2 Å². The molecule has 0 aliphatic carbocycles. The molecule has 3 N–H and O–H groups in total. The zero-order chi connectivity index (χ0) is 7.33. The smallest absolute Gasteiger partial charge is 0.159 e. The van der Waals surface area contributed by atoms with Crippen LogP contribution in [0.4, 0.5) is 0 Å². The van der Waals surface area contributed by atoms with E-state index >= 15 is 0 Å². The van der Waals surface area contributed by atoms with E-state index < -0.39 is 5.79 Å². The Morgan fingerprint density at radius 2 is 2.11 bits per heavy atom. The molecule has 9 heavy (non-hydrogen) atoms. The predicted octanol–water partition coefficient (Wildman–Crippen LogP) is 0.0802. The fourth-order valence-electron chi connectivity index (χ4n) is 0.405. The van der Waals surface area contributed by atoms with Gasteiger partial charge in [-0.15, -0.1) is 0 Å². The van der Waals surface area contributed by atoms with Gasteiger partial charge in [-0.2, -0.15) is 0 Å². The zero-order valence-electron chi connectivity index (χ0n) is 6.05. The summed E-state index contributed by atoms with van der Waals surface area (Å²) >= 11 is 0. The molecule has 0 aromatic rings. The Morgan fingerprint density at radius 3 is 2.44 bits per heavy atom. The average molecular weight is 133 g/mol. The van der Waals surface area contributed by atoms with Crippen molar-refractivity contribution in [3.8, 4) is 0 Å². The number of rotatable bonds is 4. The van der Waals surface area contributed by atoms with E-state index in [0.717, 1.165) is 6.42 Å². The van der Waals surface area contributed by atoms with Crippen molar-refractivity contribution in [3.63, 3.8) is 0 Å². The molecule has 0 aromatic heterocycles. The molecule has 0 spiro atoms. The van der Waals surface area contributed by atoms with Crippen LogP contribution in [0.5, 0.6) is 0 Å². The minimum Gasteiger partial charge on any atom is -0.366 e. The minimum atomic E-state index is -1.00. The van der Waals surface area contributed by atoms with Gasteiger partial charge in [0.15, 0.2) is 5.79 Å². The summed E-state index contributed by atoms with van der Waals surface area (Å²) in [7, 11) is 0. The van der Waals surface area contributed by atoms with E-state index in [1.165, 1.54) is 0 Å². The van der Waals surface area contributed by atoms with Crippen LogP contribution in [0, 0.1) is 0 Å². The van der Waals surface area contributed by atoms with Gasteiger partial charge in [-0.05, 0) is 26.8 Å². The first-order chi connectivity index (χ1) is 4.06. The van der Waals surface area contributed by atoms with Gasteiger partial charge in [0.1, 0.15) is 0 Å². The monoisotopic (exact) mass is 133 g/mol. The molecule has 0 unspecified atom stereocenters. The van der Waals surface area contributed by atoms with Crippen LogP contribution in [0.15, 0.2) is 0 Å². The molecule has 0 aliphatic heterocycles. The van der Waals surface area contributed by atoms with Crippen LogP contribution >= 0.6 is 0 Å². The third-order valence-electron chi connectivity index (χ3n) is 0.804. The van der Waals surface area contributed by atoms with Gasteiger partial charge in [-0.25, -0.2) is 0 Å². The predicted molar refractivity (Wildman–Crippen MR) is 35.9 cm³/mol. The standard InChI is InChI=1S/C6H15NO2/c1-6(2,8)9-5-3-4-7/h8H,3-5,7H2,1-2H3. The summed E-state index contributed by atoms with van der Waals surface area (Å²) in [5.41, 5.74) is 5.20. The second-order valence-corrected chi connectivity index (χ2v) is 2.44. The summed E-state index contributed by atoms with van der Waals surface area (Å²) in [6.45, 7) is 4.34. The van der Waals surface area contributed by atoms with Crippen LogP contribution in [0.1, 0.15) is 20.3 Å². The van der Waals surface area contributed by atoms with Crippen molar-refractivity contribution in [3.05, 3.63) is 0 Å². The molecule has 0 heterocycles. The first-order valence-electron chi connectivity index (χ1n) is 3.12. The third kappa shape index (κ3) is 7.88. The maximum absolute atomic E-state index is 8.98. The van der Waals surface area contributed by atoms with E-state index in [1.807, 2.05) is 0 Å². The maximum atomic E-state index is 8.98. The largest absolute Gasteiger partial charge is 0.366 e. The molecule has 0 rings (SSSR count). The van der Waals surface area contributed by atoms with Crippen molar-refractivity contribution in [1.82, 2.24) is 0 Å². The topological polar surface area (TPSA) is 55.5 Å². The average Bonchev–Trinajstić information content (AvgIpc) is 1.63. The van der Waals surface area contributed by atoms with E-state index in [4.69, 9.17) is 15.6 Å². The van der Waals surface area contributed by atoms with Crippen LogP contribution in [0.3, 0.4) is 0 Å². The van der Waals surface area contributed by atoms with Gasteiger partial charge in [0.25, 0.3) is 0 Å². The number of aliphatic hydroxyl groups is 1. The molecular formula is C6H15NO2. The first-order valence-corrected chi connectivity index (χ1v) is 3.12. The lowest BCUT2D eigenvalue weighted by Crippen LogP contribution is -2.24. The van der Waals surface area contributed by atoms with Crippen molar-refractivity contribution in [1.29, 1.82) is 0 Å². The quantitative estimate of drug-likeness (QED) is 0.422. The van der Waals surface area contributed by atoms with Crippen molar-refractivity contribution >= 4 is 0 Å². The fourth-order valence-corrected chi connectivity index (χ4v) is 0.405. The Morgan fingerprint density at radius 1 is 1.56 bits per heavy atom. The highest BCUT2D eigenvalue weighted by Crippen LogP contribution is 2.02. The maximum Gasteiger partial charge on any atom is 0.159 e. The molecule has 0 bridgehead atoms. The molecular weight excluding hydrogens is 118 g/mol. The number of hydrogen-bond donors (Lipinski definition) is 2. The zero-order valence-corrected chi connectivity index (χ0v) is 6.05. The molecule has 0 aromatic carbocycles. The third-order valence-corrected chi connectivity index (χ3v) is 0.804. The van der Waals surface area contributed by atoms with E-state index in [9.17, 15) is 0 Å². The molecule has 0 saturated carbocycles. The summed E-state index contributed by atoms with van der Waals surface area (Å²) in [6.07, 6.45) is 0.796. The summed E-state index contributed by atoms with van der Waals surface area (Å²) < 4.78 is 4.95. The summed E-state index contributed by atoms with van der Waals surface area (Å²) in [5.74, 6) is -1.00. The molecule has 0 saturated heterocycles. The van der Waals surface area contributed by atoms with Crippen LogP contribution in [0.2, 0.25) is 0 Å². The van der Waals surface area contributed by atoms with E-state index in [2.05, 4.69) is 0 Å². The van der Waals surface area contributed by atoms with Crippen molar-refractivity contribution in [2.75, 3.05) is 13.2 Å². The van der Waals surface area contributed by atoms with Gasteiger partial charge in [0.2, 0.25) is 0 Å². The Kier molecular flexibility index (Phi) is 3.77. The minimum absolute atomic E-state index is 0.528. The lowest BCUT2D eigenvalue weighted by atomic mass is 10.4. The number of nitrogens with two attached hydrogens (primary N) is 1. The SMILES string of the molecule is CC(C)(O)OCCCN. The molecule has 0 fully saturated rings. The van der Waals surface area contributed by atoms with Crippen LogP contribution in [0.25, 0.3) is 0 Å². The van der Waals surface area contributed by atoms with Gasteiger partial charge >= 0.3 is 0 Å². The molecule has 0 atom stereocenters. The van der Waals surface area contributed by atoms with Crippen molar-refractivity contribution in [2.45, 2.75) is 26.1 Å².